The zero-order valence-electron chi connectivity index (χ0n) is 9.77. The van der Waals surface area contributed by atoms with Crippen molar-refractivity contribution in [3.63, 3.8) is 0 Å². The van der Waals surface area contributed by atoms with Crippen LogP contribution >= 0.6 is 11.3 Å². The van der Waals surface area contributed by atoms with Crippen LogP contribution in [0.1, 0.15) is 38.1 Å². The van der Waals surface area contributed by atoms with Crippen LogP contribution in [-0.4, -0.2) is 15.0 Å². The molecule has 1 rings (SSSR count). The maximum atomic E-state index is 11.8. The van der Waals surface area contributed by atoms with Crippen LogP contribution < -0.4 is 0 Å². The molecule has 3 nitrogen and oxygen atoms in total. The fourth-order valence-electron chi connectivity index (χ4n) is 0.891. The lowest BCUT2D eigenvalue weighted by molar-refractivity contribution is 0.561. The Morgan fingerprint density at radius 2 is 2.19 bits per heavy atom. The van der Waals surface area contributed by atoms with Gasteiger partial charge in [0, 0.05) is 5.38 Å². The van der Waals surface area contributed by atoms with Gasteiger partial charge in [-0.1, -0.05) is 4.40 Å². The van der Waals surface area contributed by atoms with Gasteiger partial charge in [0.15, 0.2) is 0 Å². The monoisotopic (exact) mass is 254 g/mol. The fraction of sp³-hybridized carbons (Fsp3) is 0.455. The minimum Gasteiger partial charge on any atom is -0.591 e. The predicted octanol–water partition coefficient (Wildman–Crippen LogP) is 2.89. The molecule has 0 amide bonds. The molecule has 1 heterocycles. The van der Waals surface area contributed by atoms with Crippen LogP contribution in [0.4, 0.5) is 0 Å². The van der Waals surface area contributed by atoms with E-state index in [1.54, 1.807) is 11.4 Å². The fourth-order valence-corrected chi connectivity index (χ4v) is 2.36. The van der Waals surface area contributed by atoms with Crippen molar-refractivity contribution < 1.29 is 4.55 Å². The summed E-state index contributed by atoms with van der Waals surface area (Å²) in [5.74, 6) is 0. The van der Waals surface area contributed by atoms with Crippen molar-refractivity contribution in [1.82, 2.24) is 0 Å². The first-order valence-electron chi connectivity index (χ1n) is 4.81. The largest absolute Gasteiger partial charge is 0.591 e. The van der Waals surface area contributed by atoms with E-state index >= 15 is 0 Å². The van der Waals surface area contributed by atoms with Crippen LogP contribution in [0.25, 0.3) is 0 Å². The Morgan fingerprint density at radius 3 is 2.62 bits per heavy atom. The number of thiophene rings is 1. The van der Waals surface area contributed by atoms with Gasteiger partial charge in [-0.15, -0.1) is 11.3 Å². The first-order chi connectivity index (χ1) is 7.34. The van der Waals surface area contributed by atoms with Gasteiger partial charge in [-0.3, -0.25) is 0 Å². The van der Waals surface area contributed by atoms with E-state index < -0.39 is 11.4 Å². The molecule has 1 aromatic heterocycles. The molecule has 0 aliphatic rings. The Morgan fingerprint density at radius 1 is 1.56 bits per heavy atom. The van der Waals surface area contributed by atoms with Crippen LogP contribution in [0.15, 0.2) is 15.8 Å². The van der Waals surface area contributed by atoms with E-state index in [0.29, 0.717) is 5.56 Å². The second kappa shape index (κ2) is 5.00. The van der Waals surface area contributed by atoms with E-state index in [4.69, 9.17) is 5.26 Å². The molecule has 0 bridgehead atoms. The molecule has 0 spiro atoms. The van der Waals surface area contributed by atoms with Crippen LogP contribution in [0, 0.1) is 11.3 Å². The lowest BCUT2D eigenvalue weighted by Crippen LogP contribution is -2.26. The van der Waals surface area contributed by atoms with E-state index in [9.17, 15) is 4.55 Å². The van der Waals surface area contributed by atoms with Gasteiger partial charge in [-0.25, -0.2) is 0 Å². The summed E-state index contributed by atoms with van der Waals surface area (Å²) in [5.41, 5.74) is 1.34. The van der Waals surface area contributed by atoms with Gasteiger partial charge in [0.1, 0.15) is 27.9 Å². The average Bonchev–Trinajstić information content (AvgIpc) is 2.64. The van der Waals surface area contributed by atoms with Crippen molar-refractivity contribution in [3.05, 3.63) is 21.9 Å². The van der Waals surface area contributed by atoms with Crippen molar-refractivity contribution in [2.45, 2.75) is 32.4 Å². The van der Waals surface area contributed by atoms with Gasteiger partial charge < -0.3 is 4.55 Å². The molecule has 86 valence electrons. The molecule has 0 radical (unpaired) electrons. The maximum Gasteiger partial charge on any atom is 0.144 e. The van der Waals surface area contributed by atoms with Crippen molar-refractivity contribution >= 4 is 28.4 Å². The highest BCUT2D eigenvalue weighted by Gasteiger charge is 2.26. The summed E-state index contributed by atoms with van der Waals surface area (Å²) < 4.78 is 15.6. The lowest BCUT2D eigenvalue weighted by atomic mass is 10.3. The molecular weight excluding hydrogens is 240 g/mol. The number of hydrogen-bond acceptors (Lipinski definition) is 4. The van der Waals surface area contributed by atoms with E-state index in [0.717, 1.165) is 10.6 Å². The summed E-state index contributed by atoms with van der Waals surface area (Å²) in [6.45, 7) is 7.47. The summed E-state index contributed by atoms with van der Waals surface area (Å²) >= 11 is 0.198. The molecule has 0 aliphatic heterocycles. The maximum absolute atomic E-state index is 11.8. The molecule has 1 aromatic rings. The first-order valence-corrected chi connectivity index (χ1v) is 6.79. The van der Waals surface area contributed by atoms with Crippen LogP contribution in [0.2, 0.25) is 0 Å². The van der Waals surface area contributed by atoms with Crippen molar-refractivity contribution in [1.29, 1.82) is 5.26 Å². The average molecular weight is 254 g/mol. The zero-order valence-corrected chi connectivity index (χ0v) is 11.4. The molecule has 0 N–H and O–H groups in total. The van der Waals surface area contributed by atoms with Crippen LogP contribution in [-0.2, 0) is 11.4 Å². The Balaban J connectivity index is 2.90. The third-order valence-corrected chi connectivity index (χ3v) is 4.36. The smallest absolute Gasteiger partial charge is 0.144 e. The van der Waals surface area contributed by atoms with Crippen molar-refractivity contribution in [3.8, 4) is 6.07 Å². The molecule has 16 heavy (non-hydrogen) atoms. The number of rotatable bonds is 2. The molecule has 0 saturated heterocycles. The number of nitriles is 1. The molecule has 0 saturated carbocycles. The summed E-state index contributed by atoms with van der Waals surface area (Å²) in [6.07, 6.45) is 0. The van der Waals surface area contributed by atoms with Crippen molar-refractivity contribution in [2.75, 3.05) is 0 Å². The summed E-state index contributed by atoms with van der Waals surface area (Å²) in [5, 5.41) is 10.5. The lowest BCUT2D eigenvalue weighted by Gasteiger charge is -2.18. The Labute approximate surface area is 103 Å². The SMILES string of the molecule is CC(=N[S@+]([O-])C(C)(C)C)c1cc(C#N)cs1. The highest BCUT2D eigenvalue weighted by molar-refractivity contribution is 7.91. The Hall–Kier alpha value is -0.830. The summed E-state index contributed by atoms with van der Waals surface area (Å²) in [6, 6.07) is 3.83. The molecule has 1 atom stereocenters. The van der Waals surface area contributed by atoms with Crippen LogP contribution in [0.5, 0.6) is 0 Å². The summed E-state index contributed by atoms with van der Waals surface area (Å²) in [7, 11) is 0. The van der Waals surface area contributed by atoms with Gasteiger partial charge in [0.05, 0.1) is 10.4 Å². The third kappa shape index (κ3) is 3.34. The number of hydrogen-bond donors (Lipinski definition) is 0. The third-order valence-electron chi connectivity index (χ3n) is 1.83. The van der Waals surface area contributed by atoms with Gasteiger partial charge in [0.25, 0.3) is 0 Å². The highest BCUT2D eigenvalue weighted by atomic mass is 32.2. The van der Waals surface area contributed by atoms with Crippen LogP contribution in [0.3, 0.4) is 0 Å². The second-order valence-electron chi connectivity index (χ2n) is 4.35. The number of nitrogens with zero attached hydrogens (tertiary/aromatic N) is 2. The molecule has 0 fully saturated rings. The minimum atomic E-state index is -1.25. The highest BCUT2D eigenvalue weighted by Crippen LogP contribution is 2.20. The van der Waals surface area contributed by atoms with E-state index in [1.165, 1.54) is 11.3 Å². The van der Waals surface area contributed by atoms with Gasteiger partial charge in [-0.05, 0) is 33.8 Å². The first kappa shape index (κ1) is 13.2. The zero-order chi connectivity index (χ0) is 12.3. The molecular formula is C11H14N2OS2. The minimum absolute atomic E-state index is 0.351. The van der Waals surface area contributed by atoms with E-state index in [2.05, 4.69) is 10.5 Å². The Kier molecular flexibility index (Phi) is 4.14. The van der Waals surface area contributed by atoms with Gasteiger partial charge in [-0.2, -0.15) is 5.26 Å². The summed E-state index contributed by atoms with van der Waals surface area (Å²) in [4.78, 5) is 0.897. The predicted molar refractivity (Wildman–Crippen MR) is 69.1 cm³/mol. The topological polar surface area (TPSA) is 59.2 Å². The normalized spacial score (nSPS) is 14.6. The Bertz CT molecular complexity index is 438. The molecule has 0 unspecified atom stereocenters. The van der Waals surface area contributed by atoms with Crippen molar-refractivity contribution in [2.24, 2.45) is 4.40 Å². The van der Waals surface area contributed by atoms with Gasteiger partial charge in [0.2, 0.25) is 0 Å². The molecule has 5 heteroatoms. The van der Waals surface area contributed by atoms with E-state index in [1.807, 2.05) is 27.7 Å². The van der Waals surface area contributed by atoms with Gasteiger partial charge >= 0.3 is 0 Å². The standard InChI is InChI=1S/C11H14N2OS2/c1-8(13-16(14)11(2,3)4)10-5-9(6-12)7-15-10/h5,7H,1-4H3/t16-/m1/s1. The second-order valence-corrected chi connectivity index (χ2v) is 7.17. The quantitative estimate of drug-likeness (QED) is 0.602. The van der Waals surface area contributed by atoms with E-state index in [-0.39, 0.29) is 4.75 Å². The molecule has 0 aliphatic carbocycles. The molecule has 0 aromatic carbocycles.